The third-order valence-electron chi connectivity index (χ3n) is 2.83. The van der Waals surface area contributed by atoms with Gasteiger partial charge in [0.2, 0.25) is 5.95 Å². The Hall–Kier alpha value is -2.25. The molecule has 0 radical (unpaired) electrons. The average molecular weight is 310 g/mol. The van der Waals surface area contributed by atoms with E-state index >= 15 is 0 Å². The molecule has 0 aliphatic carbocycles. The molecule has 1 aromatic heterocycles. The van der Waals surface area contributed by atoms with Crippen molar-refractivity contribution in [3.05, 3.63) is 28.9 Å². The number of ether oxygens (including phenoxy) is 2. The lowest BCUT2D eigenvalue weighted by Gasteiger charge is -2.15. The maximum atomic E-state index is 6.08. The van der Waals surface area contributed by atoms with Gasteiger partial charge < -0.3 is 14.8 Å². The number of nitrogen functional groups attached to an aromatic ring is 1. The van der Waals surface area contributed by atoms with Gasteiger partial charge in [0.1, 0.15) is 17.3 Å². The van der Waals surface area contributed by atoms with Gasteiger partial charge in [-0.15, -0.1) is 0 Å². The summed E-state index contributed by atoms with van der Waals surface area (Å²) in [4.78, 5) is 8.28. The average Bonchev–Trinajstić information content (AvgIpc) is 2.50. The van der Waals surface area contributed by atoms with E-state index in [1.807, 2.05) is 6.92 Å². The van der Waals surface area contributed by atoms with Gasteiger partial charge >= 0.3 is 0 Å². The molecule has 112 valence electrons. The number of nitrogens with zero attached hydrogens (tertiary/aromatic N) is 2. The Labute approximate surface area is 127 Å². The summed E-state index contributed by atoms with van der Waals surface area (Å²) in [7, 11) is 3.10. The van der Waals surface area contributed by atoms with Gasteiger partial charge in [0.25, 0.3) is 0 Å². The number of methoxy groups -OCH3 is 2. The molecule has 0 aliphatic rings. The van der Waals surface area contributed by atoms with Crippen LogP contribution in [-0.2, 0) is 0 Å². The van der Waals surface area contributed by atoms with E-state index in [2.05, 4.69) is 20.7 Å². The number of anilines is 3. The largest absolute Gasteiger partial charge is 0.495 e. The summed E-state index contributed by atoms with van der Waals surface area (Å²) in [5.74, 6) is 7.33. The van der Waals surface area contributed by atoms with E-state index in [0.29, 0.717) is 34.0 Å². The first kappa shape index (κ1) is 15.1. The highest BCUT2D eigenvalue weighted by Crippen LogP contribution is 2.37. The van der Waals surface area contributed by atoms with Crippen molar-refractivity contribution in [1.82, 2.24) is 9.97 Å². The van der Waals surface area contributed by atoms with E-state index in [-0.39, 0.29) is 0 Å². The molecule has 7 nitrogen and oxygen atoms in total. The van der Waals surface area contributed by atoms with Gasteiger partial charge in [-0.05, 0) is 6.92 Å². The monoisotopic (exact) mass is 309 g/mol. The first-order chi connectivity index (χ1) is 10.1. The van der Waals surface area contributed by atoms with Gasteiger partial charge in [0, 0.05) is 23.9 Å². The van der Waals surface area contributed by atoms with Gasteiger partial charge in [-0.25, -0.2) is 10.8 Å². The number of hydrogen-bond acceptors (Lipinski definition) is 7. The molecule has 0 saturated heterocycles. The van der Waals surface area contributed by atoms with Gasteiger partial charge in [-0.2, -0.15) is 4.98 Å². The fourth-order valence-electron chi connectivity index (χ4n) is 1.72. The minimum Gasteiger partial charge on any atom is -0.495 e. The lowest BCUT2D eigenvalue weighted by atomic mass is 10.2. The number of aryl methyl sites for hydroxylation is 1. The minimum atomic E-state index is 0.308. The van der Waals surface area contributed by atoms with Crippen LogP contribution in [-0.4, -0.2) is 24.2 Å². The van der Waals surface area contributed by atoms with Crippen LogP contribution in [0.2, 0.25) is 5.02 Å². The van der Waals surface area contributed by atoms with Gasteiger partial charge in [-0.3, -0.25) is 5.43 Å². The summed E-state index contributed by atoms with van der Waals surface area (Å²) in [6.45, 7) is 1.88. The SMILES string of the molecule is COc1cc(Nc2nc(NN)ncc2C)c(OC)cc1Cl. The molecule has 0 bridgehead atoms. The second kappa shape index (κ2) is 6.47. The minimum absolute atomic E-state index is 0.308. The molecule has 2 aromatic rings. The lowest BCUT2D eigenvalue weighted by molar-refractivity contribution is 0.405. The fraction of sp³-hybridized carbons (Fsp3) is 0.231. The number of hydrogen-bond donors (Lipinski definition) is 3. The van der Waals surface area contributed by atoms with Gasteiger partial charge in [0.15, 0.2) is 0 Å². The molecule has 0 unspecified atom stereocenters. The Bertz CT molecular complexity index is 651. The molecular formula is C13H16ClN5O2. The van der Waals surface area contributed by atoms with Crippen LogP contribution in [0, 0.1) is 6.92 Å². The van der Waals surface area contributed by atoms with Crippen LogP contribution < -0.4 is 26.1 Å². The molecule has 0 atom stereocenters. The van der Waals surface area contributed by atoms with E-state index in [0.717, 1.165) is 5.56 Å². The van der Waals surface area contributed by atoms with E-state index in [4.69, 9.17) is 26.9 Å². The van der Waals surface area contributed by atoms with Crippen molar-refractivity contribution in [2.45, 2.75) is 6.92 Å². The number of hydrazine groups is 1. The highest BCUT2D eigenvalue weighted by Gasteiger charge is 2.12. The molecule has 21 heavy (non-hydrogen) atoms. The molecule has 0 spiro atoms. The van der Waals surface area contributed by atoms with E-state index in [9.17, 15) is 0 Å². The predicted octanol–water partition coefficient (Wildman–Crippen LogP) is 2.48. The first-order valence-corrected chi connectivity index (χ1v) is 6.45. The number of aromatic nitrogens is 2. The van der Waals surface area contributed by atoms with Gasteiger partial charge in [-0.1, -0.05) is 11.6 Å². The second-order valence-corrected chi connectivity index (χ2v) is 4.59. The van der Waals surface area contributed by atoms with Crippen molar-refractivity contribution in [1.29, 1.82) is 0 Å². The zero-order chi connectivity index (χ0) is 15.4. The molecule has 0 amide bonds. The molecule has 4 N–H and O–H groups in total. The number of nitrogens with two attached hydrogens (primary N) is 1. The maximum Gasteiger partial charge on any atom is 0.239 e. The lowest BCUT2D eigenvalue weighted by Crippen LogP contribution is -2.11. The summed E-state index contributed by atoms with van der Waals surface area (Å²) in [5, 5.41) is 3.62. The van der Waals surface area contributed by atoms with Crippen LogP contribution >= 0.6 is 11.6 Å². The third kappa shape index (κ3) is 3.26. The van der Waals surface area contributed by atoms with Crippen LogP contribution in [0.1, 0.15) is 5.56 Å². The fourth-order valence-corrected chi connectivity index (χ4v) is 1.95. The second-order valence-electron chi connectivity index (χ2n) is 4.18. The van der Waals surface area contributed by atoms with Crippen molar-refractivity contribution in [2.24, 2.45) is 5.84 Å². The Morgan fingerprint density at radius 3 is 2.52 bits per heavy atom. The van der Waals surface area contributed by atoms with Crippen molar-refractivity contribution in [3.63, 3.8) is 0 Å². The maximum absolute atomic E-state index is 6.08. The molecular weight excluding hydrogens is 294 g/mol. The Kier molecular flexibility index (Phi) is 4.66. The van der Waals surface area contributed by atoms with Crippen molar-refractivity contribution < 1.29 is 9.47 Å². The summed E-state index contributed by atoms with van der Waals surface area (Å²) >= 11 is 6.08. The topological polar surface area (TPSA) is 94.3 Å². The third-order valence-corrected chi connectivity index (χ3v) is 3.12. The summed E-state index contributed by atoms with van der Waals surface area (Å²) < 4.78 is 10.5. The van der Waals surface area contributed by atoms with E-state index < -0.39 is 0 Å². The van der Waals surface area contributed by atoms with Crippen LogP contribution in [0.5, 0.6) is 11.5 Å². The summed E-state index contributed by atoms with van der Waals surface area (Å²) in [5.41, 5.74) is 3.92. The van der Waals surface area contributed by atoms with Crippen molar-refractivity contribution in [2.75, 3.05) is 25.0 Å². The van der Waals surface area contributed by atoms with E-state index in [1.54, 1.807) is 32.5 Å². The van der Waals surface area contributed by atoms with Crippen molar-refractivity contribution in [3.8, 4) is 11.5 Å². The van der Waals surface area contributed by atoms with E-state index in [1.165, 1.54) is 0 Å². The van der Waals surface area contributed by atoms with Crippen LogP contribution in [0.4, 0.5) is 17.5 Å². The summed E-state index contributed by atoms with van der Waals surface area (Å²) in [6, 6.07) is 3.40. The first-order valence-electron chi connectivity index (χ1n) is 6.07. The highest BCUT2D eigenvalue weighted by molar-refractivity contribution is 6.32. The van der Waals surface area contributed by atoms with Crippen LogP contribution in [0.3, 0.4) is 0 Å². The van der Waals surface area contributed by atoms with Crippen LogP contribution in [0.25, 0.3) is 0 Å². The number of benzene rings is 1. The summed E-state index contributed by atoms with van der Waals surface area (Å²) in [6.07, 6.45) is 1.66. The smallest absolute Gasteiger partial charge is 0.239 e. The Morgan fingerprint density at radius 1 is 1.19 bits per heavy atom. The van der Waals surface area contributed by atoms with Gasteiger partial charge in [0.05, 0.1) is 24.9 Å². The van der Waals surface area contributed by atoms with Crippen LogP contribution in [0.15, 0.2) is 18.3 Å². The zero-order valence-corrected chi connectivity index (χ0v) is 12.7. The Morgan fingerprint density at radius 2 is 1.90 bits per heavy atom. The number of nitrogens with one attached hydrogen (secondary N) is 2. The number of halogens is 1. The predicted molar refractivity (Wildman–Crippen MR) is 82.4 cm³/mol. The van der Waals surface area contributed by atoms with Crippen molar-refractivity contribution >= 4 is 29.1 Å². The number of rotatable bonds is 5. The zero-order valence-electron chi connectivity index (χ0n) is 11.9. The molecule has 2 rings (SSSR count). The highest BCUT2D eigenvalue weighted by atomic mass is 35.5. The molecule has 0 fully saturated rings. The molecule has 1 heterocycles. The molecule has 8 heteroatoms. The molecule has 0 aliphatic heterocycles. The molecule has 1 aromatic carbocycles. The normalized spacial score (nSPS) is 10.1. The molecule has 0 saturated carbocycles. The quantitative estimate of drug-likeness (QED) is 0.577. The standard InChI is InChI=1S/C13H16ClN5O2/c1-7-6-16-13(19-15)18-12(7)17-9-5-10(20-2)8(14)4-11(9)21-3/h4-6H,15H2,1-3H3,(H2,16,17,18,19). The Balaban J connectivity index is 2.43.